The van der Waals surface area contributed by atoms with Gasteiger partial charge in [-0.2, -0.15) is 0 Å². The van der Waals surface area contributed by atoms with Gasteiger partial charge in [0.25, 0.3) is 0 Å². The smallest absolute Gasteiger partial charge is 0.237 e. The fourth-order valence-corrected chi connectivity index (χ4v) is 6.51. The monoisotopic (exact) mass is 462 g/mol. The first-order chi connectivity index (χ1) is 14.2. The molecule has 152 valence electrons. The lowest BCUT2D eigenvalue weighted by atomic mass is 10.2. The molecule has 0 fully saturated rings. The van der Waals surface area contributed by atoms with Gasteiger partial charge in [0.05, 0.1) is 11.4 Å². The standard InChI is InChI=1S/C20H22N4OS4/c1-14-9-11-24(16-6-2-3-7-17(16)28-14)18(25)13-27-20-23-22-19(29-20)21-10-8-15-5-4-12-26-15/h2-7,12,14H,8-11,13H2,1H3,(H,21,22). The first-order valence-electron chi connectivity index (χ1n) is 9.47. The molecule has 29 heavy (non-hydrogen) atoms. The van der Waals surface area contributed by atoms with Gasteiger partial charge in [-0.3, -0.25) is 4.79 Å². The lowest BCUT2D eigenvalue weighted by molar-refractivity contribution is -0.116. The van der Waals surface area contributed by atoms with Crippen LogP contribution in [0.1, 0.15) is 18.2 Å². The van der Waals surface area contributed by atoms with Crippen LogP contribution in [0.4, 0.5) is 10.8 Å². The molecule has 5 nitrogen and oxygen atoms in total. The summed E-state index contributed by atoms with van der Waals surface area (Å²) in [6.45, 7) is 3.81. The minimum atomic E-state index is 0.125. The van der Waals surface area contributed by atoms with Gasteiger partial charge < -0.3 is 10.2 Å². The lowest BCUT2D eigenvalue weighted by Gasteiger charge is -2.22. The first kappa shape index (κ1) is 20.7. The van der Waals surface area contributed by atoms with Crippen molar-refractivity contribution in [3.05, 3.63) is 46.7 Å². The minimum Gasteiger partial charge on any atom is -0.360 e. The number of thioether (sulfide) groups is 2. The Morgan fingerprint density at radius 2 is 2.17 bits per heavy atom. The zero-order valence-corrected chi connectivity index (χ0v) is 19.3. The van der Waals surface area contributed by atoms with E-state index < -0.39 is 0 Å². The Balaban J connectivity index is 1.31. The Bertz CT molecular complexity index is 944. The molecule has 1 unspecified atom stereocenters. The average molecular weight is 463 g/mol. The summed E-state index contributed by atoms with van der Waals surface area (Å²) in [5.74, 6) is 0.497. The number of para-hydroxylation sites is 1. The minimum absolute atomic E-state index is 0.125. The van der Waals surface area contributed by atoms with Gasteiger partial charge in [-0.05, 0) is 36.4 Å². The summed E-state index contributed by atoms with van der Waals surface area (Å²) in [4.78, 5) is 17.4. The molecule has 0 saturated heterocycles. The van der Waals surface area contributed by atoms with E-state index in [0.29, 0.717) is 11.0 Å². The van der Waals surface area contributed by atoms with E-state index in [1.165, 1.54) is 32.9 Å². The lowest BCUT2D eigenvalue weighted by Crippen LogP contribution is -2.33. The largest absolute Gasteiger partial charge is 0.360 e. The summed E-state index contributed by atoms with van der Waals surface area (Å²) in [5.41, 5.74) is 1.03. The number of amides is 1. The summed E-state index contributed by atoms with van der Waals surface area (Å²) in [5, 5.41) is 15.1. The number of aromatic nitrogens is 2. The predicted octanol–water partition coefficient (Wildman–Crippen LogP) is 5.26. The second kappa shape index (κ2) is 9.97. The molecule has 1 aliphatic rings. The number of hydrogen-bond donors (Lipinski definition) is 1. The van der Waals surface area contributed by atoms with E-state index in [9.17, 15) is 4.79 Å². The van der Waals surface area contributed by atoms with E-state index in [-0.39, 0.29) is 5.91 Å². The molecule has 9 heteroatoms. The third-order valence-electron chi connectivity index (χ3n) is 4.50. The fraction of sp³-hybridized carbons (Fsp3) is 0.350. The molecule has 0 spiro atoms. The molecule has 3 aromatic rings. The molecule has 1 amide bonds. The van der Waals surface area contributed by atoms with Crippen molar-refractivity contribution in [1.29, 1.82) is 0 Å². The first-order valence-corrected chi connectivity index (χ1v) is 13.0. The van der Waals surface area contributed by atoms with Gasteiger partial charge in [0, 0.05) is 28.1 Å². The second-order valence-electron chi connectivity index (χ2n) is 6.65. The molecule has 1 atom stereocenters. The van der Waals surface area contributed by atoms with Crippen molar-refractivity contribution in [3.63, 3.8) is 0 Å². The topological polar surface area (TPSA) is 58.1 Å². The van der Waals surface area contributed by atoms with Crippen LogP contribution in [-0.4, -0.2) is 40.2 Å². The molecular formula is C20H22N4OS4. The summed E-state index contributed by atoms with van der Waals surface area (Å²) in [7, 11) is 0. The Labute approximate surface area is 187 Å². The maximum Gasteiger partial charge on any atom is 0.237 e. The van der Waals surface area contributed by atoms with Gasteiger partial charge in [0.1, 0.15) is 0 Å². The van der Waals surface area contributed by atoms with E-state index >= 15 is 0 Å². The molecular weight excluding hydrogens is 441 g/mol. The van der Waals surface area contributed by atoms with E-state index in [0.717, 1.165) is 41.1 Å². The summed E-state index contributed by atoms with van der Waals surface area (Å²) >= 11 is 6.59. The average Bonchev–Trinajstić information content (AvgIpc) is 3.36. The van der Waals surface area contributed by atoms with Crippen molar-refractivity contribution < 1.29 is 4.79 Å². The van der Waals surface area contributed by atoms with Crippen LogP contribution in [0.25, 0.3) is 0 Å². The van der Waals surface area contributed by atoms with Gasteiger partial charge in [-0.1, -0.05) is 48.2 Å². The molecule has 1 N–H and O–H groups in total. The Hall–Kier alpha value is -1.55. The highest BCUT2D eigenvalue weighted by Gasteiger charge is 2.24. The Morgan fingerprint density at radius 1 is 1.28 bits per heavy atom. The van der Waals surface area contributed by atoms with Crippen LogP contribution in [0.2, 0.25) is 0 Å². The molecule has 1 aromatic carbocycles. The molecule has 1 aliphatic heterocycles. The molecule has 0 bridgehead atoms. The Morgan fingerprint density at radius 3 is 3.03 bits per heavy atom. The van der Waals surface area contributed by atoms with Crippen molar-refractivity contribution in [1.82, 2.24) is 10.2 Å². The van der Waals surface area contributed by atoms with Crippen molar-refractivity contribution in [2.75, 3.05) is 29.1 Å². The van der Waals surface area contributed by atoms with Crippen molar-refractivity contribution in [2.45, 2.75) is 34.3 Å². The highest BCUT2D eigenvalue weighted by atomic mass is 32.2. The molecule has 0 aliphatic carbocycles. The van der Waals surface area contributed by atoms with Crippen LogP contribution >= 0.6 is 46.2 Å². The number of hydrogen-bond acceptors (Lipinski definition) is 8. The molecule has 3 heterocycles. The molecule has 0 saturated carbocycles. The third-order valence-corrected chi connectivity index (χ3v) is 8.67. The number of rotatable bonds is 7. The van der Waals surface area contributed by atoms with Crippen LogP contribution < -0.4 is 10.2 Å². The number of carbonyl (C=O) groups excluding carboxylic acids is 1. The number of benzene rings is 1. The van der Waals surface area contributed by atoms with Crippen LogP contribution in [0.5, 0.6) is 0 Å². The number of nitrogens with one attached hydrogen (secondary N) is 1. The van der Waals surface area contributed by atoms with Crippen LogP contribution in [0, 0.1) is 0 Å². The number of carbonyl (C=O) groups is 1. The quantitative estimate of drug-likeness (QED) is 0.483. The normalized spacial score (nSPS) is 16.3. The van der Waals surface area contributed by atoms with Crippen LogP contribution in [0.3, 0.4) is 0 Å². The second-order valence-corrected chi connectivity index (χ2v) is 11.4. The summed E-state index contributed by atoms with van der Waals surface area (Å²) in [6, 6.07) is 12.4. The van der Waals surface area contributed by atoms with E-state index in [1.54, 1.807) is 11.3 Å². The SMILES string of the molecule is CC1CCN(C(=O)CSc2nnc(NCCc3cccs3)s2)c2ccccc2S1. The zero-order valence-electron chi connectivity index (χ0n) is 16.0. The van der Waals surface area contributed by atoms with Gasteiger partial charge in [0.15, 0.2) is 4.34 Å². The van der Waals surface area contributed by atoms with E-state index in [4.69, 9.17) is 0 Å². The highest BCUT2D eigenvalue weighted by molar-refractivity contribution is 8.01. The van der Waals surface area contributed by atoms with Gasteiger partial charge in [-0.15, -0.1) is 33.3 Å². The van der Waals surface area contributed by atoms with E-state index in [1.807, 2.05) is 34.9 Å². The predicted molar refractivity (Wildman–Crippen MR) is 126 cm³/mol. The number of nitrogens with zero attached hydrogens (tertiary/aromatic N) is 3. The van der Waals surface area contributed by atoms with Crippen LogP contribution in [-0.2, 0) is 11.2 Å². The maximum absolute atomic E-state index is 12.9. The maximum atomic E-state index is 12.9. The van der Waals surface area contributed by atoms with E-state index in [2.05, 4.69) is 46.0 Å². The van der Waals surface area contributed by atoms with Crippen molar-refractivity contribution >= 4 is 62.9 Å². The Kier molecular flexibility index (Phi) is 7.12. The number of anilines is 2. The van der Waals surface area contributed by atoms with Crippen molar-refractivity contribution in [2.24, 2.45) is 0 Å². The van der Waals surface area contributed by atoms with Gasteiger partial charge >= 0.3 is 0 Å². The van der Waals surface area contributed by atoms with Crippen molar-refractivity contribution in [3.8, 4) is 0 Å². The number of thiophene rings is 1. The number of fused-ring (bicyclic) bond motifs is 1. The van der Waals surface area contributed by atoms with Crippen LogP contribution in [0.15, 0.2) is 51.0 Å². The summed E-state index contributed by atoms with van der Waals surface area (Å²) < 4.78 is 0.822. The van der Waals surface area contributed by atoms with Gasteiger partial charge in [0.2, 0.25) is 11.0 Å². The van der Waals surface area contributed by atoms with Gasteiger partial charge in [-0.25, -0.2) is 0 Å². The summed E-state index contributed by atoms with van der Waals surface area (Å²) in [6.07, 6.45) is 1.97. The molecule has 4 rings (SSSR count). The molecule has 2 aromatic heterocycles. The third kappa shape index (κ3) is 5.53. The molecule has 0 radical (unpaired) electrons. The highest BCUT2D eigenvalue weighted by Crippen LogP contribution is 2.37. The fourth-order valence-electron chi connectivity index (χ4n) is 3.03. The zero-order chi connectivity index (χ0) is 20.1.